The average molecular weight is 492 g/mol. The maximum absolute atomic E-state index is 11.7. The lowest BCUT2D eigenvalue weighted by atomic mass is 10.2. The van der Waals surface area contributed by atoms with Crippen molar-refractivity contribution in [2.45, 2.75) is 76.6 Å². The van der Waals surface area contributed by atoms with E-state index in [9.17, 15) is 43.7 Å². The average Bonchev–Trinajstić information content (AvgIpc) is 2.57. The molecule has 1 amide bonds. The molecule has 0 rings (SSSR count). The van der Waals surface area contributed by atoms with Gasteiger partial charge in [-0.25, -0.2) is 4.79 Å². The van der Waals surface area contributed by atoms with Crippen molar-refractivity contribution in [2.24, 2.45) is 0 Å². The predicted molar refractivity (Wildman–Crippen MR) is 114 cm³/mol. The van der Waals surface area contributed by atoms with Crippen molar-refractivity contribution in [2.75, 3.05) is 26.2 Å². The molecule has 0 aliphatic heterocycles. The molecule has 31 heavy (non-hydrogen) atoms. The number of amides is 1. The van der Waals surface area contributed by atoms with E-state index in [1.807, 2.05) is 6.92 Å². The second-order valence-corrected chi connectivity index (χ2v) is 12.5. The predicted octanol–water partition coefficient (Wildman–Crippen LogP) is 1.15. The summed E-state index contributed by atoms with van der Waals surface area (Å²) in [6.45, 7) is 6.93. The van der Waals surface area contributed by atoms with Gasteiger partial charge in [0.15, 0.2) is 0 Å². The summed E-state index contributed by atoms with van der Waals surface area (Å²) in [4.78, 5) is 50.4. The van der Waals surface area contributed by atoms with Crippen LogP contribution in [0, 0.1) is 0 Å². The summed E-state index contributed by atoms with van der Waals surface area (Å²) >= 11 is 0. The van der Waals surface area contributed by atoms with Crippen LogP contribution in [0.1, 0.15) is 59.8 Å². The maximum Gasteiger partial charge on any atom is 0.407 e. The summed E-state index contributed by atoms with van der Waals surface area (Å²) in [7, 11) is -11.1. The summed E-state index contributed by atoms with van der Waals surface area (Å²) in [5, 5.41) is 19.2. The molecular formula is C17H38N2O10P2. The topological polar surface area (TPSA) is 197 Å². The highest BCUT2D eigenvalue weighted by Gasteiger charge is 2.58. The fourth-order valence-corrected chi connectivity index (χ4v) is 4.84. The van der Waals surface area contributed by atoms with Gasteiger partial charge in [-0.05, 0) is 33.7 Å². The van der Waals surface area contributed by atoms with E-state index in [-0.39, 0.29) is 19.6 Å². The smallest absolute Gasteiger partial charge is 0.407 e. The Morgan fingerprint density at radius 1 is 1.03 bits per heavy atom. The summed E-state index contributed by atoms with van der Waals surface area (Å²) in [6, 6.07) is 0. The molecule has 0 spiro atoms. The Labute approximate surface area is 183 Å². The Morgan fingerprint density at radius 2 is 1.58 bits per heavy atom. The molecule has 0 aromatic rings. The van der Waals surface area contributed by atoms with E-state index in [1.54, 1.807) is 20.8 Å². The zero-order chi connectivity index (χ0) is 24.5. The summed E-state index contributed by atoms with van der Waals surface area (Å²) in [5.41, 5.74) is -0.712. The van der Waals surface area contributed by atoms with Crippen LogP contribution in [-0.4, -0.2) is 83.7 Å². The van der Waals surface area contributed by atoms with E-state index >= 15 is 0 Å². The van der Waals surface area contributed by atoms with Crippen molar-refractivity contribution in [3.05, 3.63) is 0 Å². The number of alkyl carbamates (subject to hydrolysis) is 1. The van der Waals surface area contributed by atoms with Gasteiger partial charge in [0.05, 0.1) is 6.10 Å². The Hall–Kier alpha value is -0.550. The van der Waals surface area contributed by atoms with Gasteiger partial charge < -0.3 is 44.7 Å². The minimum absolute atomic E-state index is 0.0552. The molecule has 12 nitrogen and oxygen atoms in total. The number of unbranched alkanes of at least 4 members (excludes halogenated alkanes) is 3. The van der Waals surface area contributed by atoms with E-state index in [2.05, 4.69) is 5.32 Å². The summed E-state index contributed by atoms with van der Waals surface area (Å²) in [5.74, 6) is 0. The zero-order valence-corrected chi connectivity index (χ0v) is 20.4. The molecular weight excluding hydrogens is 454 g/mol. The van der Waals surface area contributed by atoms with Crippen molar-refractivity contribution in [1.29, 1.82) is 0 Å². The Bertz CT molecular complexity index is 621. The molecule has 0 radical (unpaired) electrons. The molecule has 1 unspecified atom stereocenters. The van der Waals surface area contributed by atoms with Crippen molar-refractivity contribution in [3.8, 4) is 0 Å². The molecule has 0 aliphatic carbocycles. The van der Waals surface area contributed by atoms with E-state index < -0.39 is 44.5 Å². The summed E-state index contributed by atoms with van der Waals surface area (Å²) < 4.78 is 28.2. The maximum atomic E-state index is 11.7. The van der Waals surface area contributed by atoms with E-state index in [4.69, 9.17) is 4.74 Å². The lowest BCUT2D eigenvalue weighted by Gasteiger charge is -2.32. The highest BCUT2D eigenvalue weighted by atomic mass is 31.2. The number of ether oxygens (including phenoxy) is 1. The van der Waals surface area contributed by atoms with Gasteiger partial charge in [-0.2, -0.15) is 0 Å². The summed E-state index contributed by atoms with van der Waals surface area (Å²) in [6.07, 6.45) is 0.728. The van der Waals surface area contributed by atoms with Crippen molar-refractivity contribution in [1.82, 2.24) is 10.2 Å². The van der Waals surface area contributed by atoms with Gasteiger partial charge in [0.25, 0.3) is 5.08 Å². The number of hydrogen-bond acceptors (Lipinski definition) is 7. The first-order valence-corrected chi connectivity index (χ1v) is 13.4. The second kappa shape index (κ2) is 12.6. The third kappa shape index (κ3) is 11.8. The first-order valence-electron chi connectivity index (χ1n) is 10.1. The quantitative estimate of drug-likeness (QED) is 0.136. The lowest BCUT2D eigenvalue weighted by molar-refractivity contribution is 0.0457. The van der Waals surface area contributed by atoms with Crippen LogP contribution in [0.4, 0.5) is 4.79 Å². The van der Waals surface area contributed by atoms with Gasteiger partial charge in [-0.1, -0.05) is 26.2 Å². The molecule has 0 aromatic carbocycles. The highest BCUT2D eigenvalue weighted by Crippen LogP contribution is 2.68. The zero-order valence-electron chi connectivity index (χ0n) is 18.6. The van der Waals surface area contributed by atoms with E-state index in [1.165, 1.54) is 4.90 Å². The highest BCUT2D eigenvalue weighted by molar-refractivity contribution is 7.72. The van der Waals surface area contributed by atoms with Crippen LogP contribution in [0.15, 0.2) is 0 Å². The molecule has 186 valence electrons. The van der Waals surface area contributed by atoms with Gasteiger partial charge in [-0.15, -0.1) is 0 Å². The van der Waals surface area contributed by atoms with Gasteiger partial charge in [-0.3, -0.25) is 9.13 Å². The van der Waals surface area contributed by atoms with Crippen LogP contribution >= 0.6 is 15.2 Å². The molecule has 0 aliphatic rings. The molecule has 7 N–H and O–H groups in total. The Balaban J connectivity index is 5.08. The van der Waals surface area contributed by atoms with Crippen molar-refractivity contribution < 1.29 is 48.4 Å². The molecule has 0 bridgehead atoms. The number of nitrogens with zero attached hydrogens (tertiary/aromatic N) is 1. The van der Waals surface area contributed by atoms with Crippen LogP contribution in [0.5, 0.6) is 0 Å². The van der Waals surface area contributed by atoms with Crippen molar-refractivity contribution in [3.63, 3.8) is 0 Å². The van der Waals surface area contributed by atoms with Gasteiger partial charge in [0.1, 0.15) is 5.60 Å². The monoisotopic (exact) mass is 492 g/mol. The molecule has 0 fully saturated rings. The van der Waals surface area contributed by atoms with Gasteiger partial charge in [0, 0.05) is 26.1 Å². The number of nitrogens with one attached hydrogen (secondary N) is 1. The second-order valence-electron chi connectivity index (χ2n) is 8.51. The fourth-order valence-electron chi connectivity index (χ4n) is 2.70. The SMILES string of the molecule is CCCCCCN(CCC(O)(P(=O)(O)O)P(=O)(O)O)CC(O)CNC(=O)OC(C)(C)C. The van der Waals surface area contributed by atoms with Crippen LogP contribution in [0.25, 0.3) is 0 Å². The van der Waals surface area contributed by atoms with E-state index in [0.29, 0.717) is 13.0 Å². The van der Waals surface area contributed by atoms with Gasteiger partial charge >= 0.3 is 21.3 Å². The molecule has 1 atom stereocenters. The number of carbonyl (C=O) groups is 1. The number of hydrogen-bond donors (Lipinski definition) is 7. The first-order chi connectivity index (χ1) is 13.9. The largest absolute Gasteiger partial charge is 0.444 e. The molecule has 0 heterocycles. The lowest BCUT2D eigenvalue weighted by Crippen LogP contribution is -2.43. The molecule has 14 heteroatoms. The van der Waals surface area contributed by atoms with Crippen molar-refractivity contribution >= 4 is 21.3 Å². The number of rotatable bonds is 14. The molecule has 0 aromatic heterocycles. The van der Waals surface area contributed by atoms with Crippen LogP contribution in [-0.2, 0) is 13.9 Å². The Kier molecular flexibility index (Phi) is 12.4. The Morgan fingerprint density at radius 3 is 2.03 bits per heavy atom. The van der Waals surface area contributed by atoms with E-state index in [0.717, 1.165) is 19.3 Å². The number of carbonyl (C=O) groups excluding carboxylic acids is 1. The van der Waals surface area contributed by atoms with Crippen LogP contribution < -0.4 is 5.32 Å². The third-order valence-corrected chi connectivity index (χ3v) is 8.25. The number of aliphatic hydroxyl groups excluding tert-OH is 1. The van der Waals surface area contributed by atoms with Crippen LogP contribution in [0.2, 0.25) is 0 Å². The fraction of sp³-hybridized carbons (Fsp3) is 0.941. The van der Waals surface area contributed by atoms with Gasteiger partial charge in [0.2, 0.25) is 0 Å². The molecule has 0 saturated carbocycles. The standard InChI is InChI=1S/C17H38N2O10P2/c1-5-6-7-8-10-19(11-9-17(22,30(23,24)25)31(26,27)28)13-14(20)12-18-15(21)29-16(2,3)4/h14,20,22H,5-13H2,1-4H3,(H,18,21)(H2,23,24,25)(H2,26,27,28). The van der Waals surface area contributed by atoms with Crippen LogP contribution in [0.3, 0.4) is 0 Å². The number of aliphatic hydroxyl groups is 2. The molecule has 0 saturated heterocycles. The first kappa shape index (κ1) is 30.4. The minimum Gasteiger partial charge on any atom is -0.444 e. The third-order valence-electron chi connectivity index (χ3n) is 4.37. The normalized spacial score (nSPS) is 14.5. The minimum atomic E-state index is -5.55.